The maximum atomic E-state index is 12.4. The van der Waals surface area contributed by atoms with E-state index in [4.69, 9.17) is 19.3 Å². The average molecular weight is 721 g/mol. The van der Waals surface area contributed by atoms with Gasteiger partial charge in [-0.3, -0.25) is 14.1 Å². The van der Waals surface area contributed by atoms with Crippen LogP contribution in [-0.2, 0) is 28.2 Å². The van der Waals surface area contributed by atoms with Crippen LogP contribution in [0.2, 0.25) is 0 Å². The van der Waals surface area contributed by atoms with E-state index < -0.39 is 32.5 Å². The largest absolute Gasteiger partial charge is 0.469 e. The number of phosphoric acid groups is 1. The third-order valence-electron chi connectivity index (χ3n) is 7.68. The number of carbonyl (C=O) groups excluding carboxylic acids is 2. The molecule has 0 saturated heterocycles. The van der Waals surface area contributed by atoms with Crippen molar-refractivity contribution >= 4 is 19.8 Å². The van der Waals surface area contributed by atoms with Gasteiger partial charge in [0.2, 0.25) is 0 Å². The van der Waals surface area contributed by atoms with Gasteiger partial charge in [-0.15, -0.1) is 0 Å². The predicted octanol–water partition coefficient (Wildman–Crippen LogP) is 11.5. The normalized spacial score (nSPS) is 13.3. The highest BCUT2D eigenvalue weighted by atomic mass is 31.2. The maximum Gasteiger partial charge on any atom is 0.469 e. The highest BCUT2D eigenvalue weighted by Gasteiger charge is 2.22. The quantitative estimate of drug-likeness (QED) is 0.0292. The average Bonchev–Trinajstić information content (AvgIpc) is 3.08. The van der Waals surface area contributed by atoms with Crippen molar-refractivity contribution in [3.05, 3.63) is 72.9 Å². The molecule has 0 radical (unpaired) electrons. The molecule has 0 rings (SSSR count). The van der Waals surface area contributed by atoms with E-state index in [0.717, 1.165) is 70.6 Å². The lowest BCUT2D eigenvalue weighted by Gasteiger charge is -2.18. The van der Waals surface area contributed by atoms with Gasteiger partial charge in [-0.25, -0.2) is 4.57 Å². The van der Waals surface area contributed by atoms with Gasteiger partial charge >= 0.3 is 19.8 Å². The molecule has 0 fully saturated rings. The van der Waals surface area contributed by atoms with Crippen LogP contribution in [0.4, 0.5) is 0 Å². The van der Waals surface area contributed by atoms with Crippen molar-refractivity contribution in [2.24, 2.45) is 0 Å². The van der Waals surface area contributed by atoms with Crippen LogP contribution < -0.4 is 0 Å². The number of phosphoric ester groups is 1. The maximum absolute atomic E-state index is 12.4. The number of hydrogen-bond acceptors (Lipinski definition) is 6. The molecular weight excluding hydrogens is 651 g/mol. The van der Waals surface area contributed by atoms with Crippen LogP contribution in [0.3, 0.4) is 0 Å². The van der Waals surface area contributed by atoms with Crippen LogP contribution in [-0.4, -0.2) is 41.0 Å². The number of hydrogen-bond donors (Lipinski definition) is 2. The molecule has 0 spiro atoms. The Morgan fingerprint density at radius 1 is 0.520 bits per heavy atom. The van der Waals surface area contributed by atoms with E-state index in [1.165, 1.54) is 44.9 Å². The molecule has 0 aromatic rings. The van der Waals surface area contributed by atoms with Gasteiger partial charge in [0.15, 0.2) is 6.10 Å². The first-order chi connectivity index (χ1) is 24.3. The van der Waals surface area contributed by atoms with Crippen molar-refractivity contribution in [2.75, 3.05) is 13.2 Å². The Balaban J connectivity index is 4.10. The summed E-state index contributed by atoms with van der Waals surface area (Å²) in [5.41, 5.74) is 0. The topological polar surface area (TPSA) is 119 Å². The predicted molar refractivity (Wildman–Crippen MR) is 207 cm³/mol. The molecule has 0 saturated carbocycles. The molecule has 50 heavy (non-hydrogen) atoms. The first-order valence-corrected chi connectivity index (χ1v) is 20.8. The van der Waals surface area contributed by atoms with Gasteiger partial charge < -0.3 is 19.3 Å². The number of unbranched alkanes of at least 4 members (excludes halogenated alkanes) is 12. The second-order valence-corrected chi connectivity index (χ2v) is 13.8. The number of esters is 2. The number of carbonyl (C=O) groups is 2. The minimum atomic E-state index is -4.77. The lowest BCUT2D eigenvalue weighted by atomic mass is 10.1. The number of rotatable bonds is 34. The summed E-state index contributed by atoms with van der Waals surface area (Å²) in [7, 11) is -4.77. The molecule has 0 aliphatic rings. The van der Waals surface area contributed by atoms with E-state index in [1.54, 1.807) is 0 Å². The van der Waals surface area contributed by atoms with E-state index in [0.29, 0.717) is 12.8 Å². The molecule has 0 unspecified atom stereocenters. The lowest BCUT2D eigenvalue weighted by Crippen LogP contribution is -2.29. The fraction of sp³-hybridized carbons (Fsp3) is 0.659. The van der Waals surface area contributed by atoms with Gasteiger partial charge in [-0.2, -0.15) is 0 Å². The number of allylic oxidation sites excluding steroid dienone is 12. The Morgan fingerprint density at radius 3 is 1.46 bits per heavy atom. The van der Waals surface area contributed by atoms with E-state index >= 15 is 0 Å². The van der Waals surface area contributed by atoms with Gasteiger partial charge in [0.25, 0.3) is 0 Å². The molecule has 1 atom stereocenters. The van der Waals surface area contributed by atoms with Gasteiger partial charge in [0.1, 0.15) is 6.61 Å². The Bertz CT molecular complexity index is 1040. The van der Waals surface area contributed by atoms with E-state index in [1.807, 2.05) is 0 Å². The molecule has 0 aliphatic heterocycles. The van der Waals surface area contributed by atoms with Crippen molar-refractivity contribution in [3.8, 4) is 0 Å². The van der Waals surface area contributed by atoms with Crippen LogP contribution in [0.15, 0.2) is 72.9 Å². The van der Waals surface area contributed by atoms with Crippen molar-refractivity contribution in [1.29, 1.82) is 0 Å². The molecule has 0 aliphatic carbocycles. The van der Waals surface area contributed by atoms with Crippen LogP contribution >= 0.6 is 7.82 Å². The number of ether oxygens (including phenoxy) is 2. The molecule has 0 amide bonds. The van der Waals surface area contributed by atoms with Crippen LogP contribution in [0.25, 0.3) is 0 Å². The lowest BCUT2D eigenvalue weighted by molar-refractivity contribution is -0.161. The first kappa shape index (κ1) is 47.5. The van der Waals surface area contributed by atoms with Gasteiger partial charge in [-0.1, -0.05) is 132 Å². The van der Waals surface area contributed by atoms with Gasteiger partial charge in [0.05, 0.1) is 6.61 Å². The second kappa shape index (κ2) is 36.3. The van der Waals surface area contributed by atoms with Crippen molar-refractivity contribution in [1.82, 2.24) is 0 Å². The Kier molecular flexibility index (Phi) is 34.5. The van der Waals surface area contributed by atoms with E-state index in [2.05, 4.69) is 91.3 Å². The summed E-state index contributed by atoms with van der Waals surface area (Å²) in [5.74, 6) is -0.967. The molecule has 0 aromatic heterocycles. The van der Waals surface area contributed by atoms with Crippen molar-refractivity contribution < 1.29 is 37.9 Å². The molecular formula is C41H69O8P. The zero-order valence-corrected chi connectivity index (χ0v) is 32.2. The minimum absolute atomic E-state index is 0.164. The smallest absolute Gasteiger partial charge is 0.462 e. The Labute approximate surface area is 304 Å². The molecule has 0 aromatic carbocycles. The third kappa shape index (κ3) is 38.3. The summed E-state index contributed by atoms with van der Waals surface area (Å²) in [5, 5.41) is 0. The second-order valence-electron chi connectivity index (χ2n) is 12.5. The zero-order valence-electron chi connectivity index (χ0n) is 31.3. The Morgan fingerprint density at radius 2 is 0.940 bits per heavy atom. The highest BCUT2D eigenvalue weighted by molar-refractivity contribution is 7.46. The highest BCUT2D eigenvalue weighted by Crippen LogP contribution is 2.36. The first-order valence-electron chi connectivity index (χ1n) is 19.2. The van der Waals surface area contributed by atoms with Crippen molar-refractivity contribution in [3.63, 3.8) is 0 Å². The Hall–Kier alpha value is -2.51. The summed E-state index contributed by atoms with van der Waals surface area (Å²) < 4.78 is 26.3. The fourth-order valence-electron chi connectivity index (χ4n) is 4.80. The van der Waals surface area contributed by atoms with Crippen LogP contribution in [0.5, 0.6) is 0 Å². The monoisotopic (exact) mass is 720 g/mol. The van der Waals surface area contributed by atoms with Crippen molar-refractivity contribution in [2.45, 2.75) is 161 Å². The molecule has 8 nitrogen and oxygen atoms in total. The van der Waals surface area contributed by atoms with Gasteiger partial charge in [-0.05, 0) is 83.5 Å². The summed E-state index contributed by atoms with van der Waals surface area (Å²) >= 11 is 0. The van der Waals surface area contributed by atoms with E-state index in [9.17, 15) is 14.2 Å². The fourth-order valence-corrected chi connectivity index (χ4v) is 5.16. The van der Waals surface area contributed by atoms with Crippen LogP contribution in [0.1, 0.15) is 155 Å². The van der Waals surface area contributed by atoms with Gasteiger partial charge in [0, 0.05) is 12.8 Å². The van der Waals surface area contributed by atoms with E-state index in [-0.39, 0.29) is 19.4 Å². The summed E-state index contributed by atoms with van der Waals surface area (Å²) in [6.07, 6.45) is 46.2. The molecule has 2 N–H and O–H groups in total. The zero-order chi connectivity index (χ0) is 36.8. The third-order valence-corrected chi connectivity index (χ3v) is 8.16. The molecule has 0 heterocycles. The standard InChI is InChI=1S/C41H69O8P/c1-3-5-7-9-11-13-15-17-19-20-22-24-26-28-30-32-34-36-41(43)49-39(38-48-50(44,45)46)37-47-40(42)35-33-31-29-27-25-23-21-18-16-14-12-10-8-6-4-2/h7,9,13,15,18-21,24-27,39H,3-6,8,10-12,14,16-17,22-23,28-38H2,1-2H3,(H2,44,45,46)/b9-7+,15-13+,20-19+,21-18+,26-24+,27-25+/t39-/m1/s1. The summed E-state index contributed by atoms with van der Waals surface area (Å²) in [6, 6.07) is 0. The minimum Gasteiger partial charge on any atom is -0.462 e. The molecule has 286 valence electrons. The molecule has 0 bridgehead atoms. The SMILES string of the molecule is CCC/C=C/C/C=C/C/C=C/C/C=C/CCCCCC(=O)O[C@H](COC(=O)CCCC/C=C/C/C=C/CCCCCCCC)COP(=O)(O)O. The summed E-state index contributed by atoms with van der Waals surface area (Å²) in [6.45, 7) is 3.53. The molecule has 9 heteroatoms. The summed E-state index contributed by atoms with van der Waals surface area (Å²) in [4.78, 5) is 42.7. The van der Waals surface area contributed by atoms with Crippen LogP contribution in [0, 0.1) is 0 Å².